The Morgan fingerprint density at radius 3 is 2.25 bits per heavy atom. The number of hydrogen-bond acceptors (Lipinski definition) is 4. The van der Waals surface area contributed by atoms with Crippen molar-refractivity contribution in [2.75, 3.05) is 26.2 Å². The Kier molecular flexibility index (Phi) is 3.98. The molecule has 2 saturated heterocycles. The van der Waals surface area contributed by atoms with Gasteiger partial charge in [0.2, 0.25) is 10.0 Å². The van der Waals surface area contributed by atoms with Gasteiger partial charge in [-0.15, -0.1) is 0 Å². The minimum atomic E-state index is -3.36. The second kappa shape index (κ2) is 6.02. The maximum atomic E-state index is 12.7. The van der Waals surface area contributed by atoms with E-state index in [2.05, 4.69) is 4.90 Å². The highest BCUT2D eigenvalue weighted by Gasteiger charge is 2.44. The normalized spacial score (nSPS) is 25.2. The van der Waals surface area contributed by atoms with Crippen LogP contribution in [0.1, 0.15) is 11.5 Å². The molecule has 4 rings (SSSR count). The van der Waals surface area contributed by atoms with Crippen molar-refractivity contribution in [3.05, 3.63) is 54.0 Å². The van der Waals surface area contributed by atoms with Crippen molar-refractivity contribution >= 4 is 10.0 Å². The maximum absolute atomic E-state index is 12.7. The van der Waals surface area contributed by atoms with Crippen LogP contribution in [0.25, 0.3) is 0 Å². The number of benzene rings is 1. The highest BCUT2D eigenvalue weighted by Crippen LogP contribution is 2.34. The molecule has 0 radical (unpaired) electrons. The van der Waals surface area contributed by atoms with E-state index in [0.717, 1.165) is 31.2 Å². The highest BCUT2D eigenvalue weighted by molar-refractivity contribution is 7.89. The minimum absolute atomic E-state index is 0.396. The summed E-state index contributed by atoms with van der Waals surface area (Å²) in [4.78, 5) is 2.77. The fraction of sp³-hybridized carbons (Fsp3) is 0.444. The number of aryl methyl sites for hydroxylation is 1. The van der Waals surface area contributed by atoms with Crippen LogP contribution in [-0.4, -0.2) is 43.8 Å². The molecule has 0 N–H and O–H groups in total. The Morgan fingerprint density at radius 2 is 1.67 bits per heavy atom. The number of fused-ring (bicyclic) bond motifs is 1. The van der Waals surface area contributed by atoms with Gasteiger partial charge in [0.25, 0.3) is 0 Å². The smallest absolute Gasteiger partial charge is 0.243 e. The molecule has 0 aliphatic carbocycles. The summed E-state index contributed by atoms with van der Waals surface area (Å²) in [6.45, 7) is 5.88. The molecular weight excluding hydrogens is 324 g/mol. The third-order valence-electron chi connectivity index (χ3n) is 5.08. The van der Waals surface area contributed by atoms with Crippen LogP contribution in [0.3, 0.4) is 0 Å². The van der Waals surface area contributed by atoms with E-state index in [-0.39, 0.29) is 0 Å². The predicted molar refractivity (Wildman–Crippen MR) is 90.9 cm³/mol. The Bertz CT molecular complexity index is 802. The number of hydrogen-bond donors (Lipinski definition) is 0. The van der Waals surface area contributed by atoms with Crippen molar-refractivity contribution in [3.8, 4) is 0 Å². The van der Waals surface area contributed by atoms with E-state index < -0.39 is 10.0 Å². The van der Waals surface area contributed by atoms with Gasteiger partial charge in [0.1, 0.15) is 11.5 Å². The first-order valence-corrected chi connectivity index (χ1v) is 9.79. The third-order valence-corrected chi connectivity index (χ3v) is 6.93. The van der Waals surface area contributed by atoms with Gasteiger partial charge in [-0.05, 0) is 43.0 Å². The van der Waals surface area contributed by atoms with Gasteiger partial charge < -0.3 is 4.42 Å². The molecule has 0 amide bonds. The SMILES string of the molecule is Cc1ccc(CN2CC3CN(S(=O)(=O)c4ccccc4)CC3C2)o1. The van der Waals surface area contributed by atoms with Crippen LogP contribution in [0.5, 0.6) is 0 Å². The number of rotatable bonds is 4. The van der Waals surface area contributed by atoms with Crippen LogP contribution in [-0.2, 0) is 16.6 Å². The summed E-state index contributed by atoms with van der Waals surface area (Å²) >= 11 is 0. The van der Waals surface area contributed by atoms with Crippen molar-refractivity contribution in [3.63, 3.8) is 0 Å². The van der Waals surface area contributed by atoms with Gasteiger partial charge in [-0.2, -0.15) is 4.31 Å². The molecule has 24 heavy (non-hydrogen) atoms. The van der Waals surface area contributed by atoms with Crippen LogP contribution in [0.15, 0.2) is 51.8 Å². The fourth-order valence-corrected chi connectivity index (χ4v) is 5.48. The lowest BCUT2D eigenvalue weighted by Gasteiger charge is -2.20. The molecule has 6 heteroatoms. The quantitative estimate of drug-likeness (QED) is 0.853. The largest absolute Gasteiger partial charge is 0.465 e. The summed E-state index contributed by atoms with van der Waals surface area (Å²) < 4.78 is 32.8. The van der Waals surface area contributed by atoms with Gasteiger partial charge in [-0.3, -0.25) is 4.90 Å². The monoisotopic (exact) mass is 346 g/mol. The Labute approximate surface area is 142 Å². The third kappa shape index (κ3) is 2.90. The van der Waals surface area contributed by atoms with Gasteiger partial charge in [0.15, 0.2) is 0 Å². The van der Waals surface area contributed by atoms with Gasteiger partial charge >= 0.3 is 0 Å². The van der Waals surface area contributed by atoms with Gasteiger partial charge in [-0.25, -0.2) is 8.42 Å². The molecule has 2 fully saturated rings. The van der Waals surface area contributed by atoms with E-state index in [1.54, 1.807) is 28.6 Å². The van der Waals surface area contributed by atoms with Crippen LogP contribution < -0.4 is 0 Å². The summed E-state index contributed by atoms with van der Waals surface area (Å²) in [5.41, 5.74) is 0. The number of furan rings is 1. The molecule has 5 nitrogen and oxygen atoms in total. The van der Waals surface area contributed by atoms with Crippen LogP contribution in [0.2, 0.25) is 0 Å². The standard InChI is InChI=1S/C18H22N2O3S/c1-14-7-8-17(23-14)13-19-9-15-11-20(12-16(15)10-19)24(21,22)18-5-3-2-4-6-18/h2-8,15-16H,9-13H2,1H3. The molecule has 2 aromatic rings. The Hall–Kier alpha value is -1.63. The lowest BCUT2D eigenvalue weighted by Crippen LogP contribution is -2.33. The molecule has 128 valence electrons. The molecular formula is C18H22N2O3S. The molecule has 3 heterocycles. The zero-order chi connectivity index (χ0) is 16.7. The Morgan fingerprint density at radius 1 is 1.00 bits per heavy atom. The second-order valence-electron chi connectivity index (χ2n) is 6.86. The fourth-order valence-electron chi connectivity index (χ4n) is 3.90. The molecule has 0 spiro atoms. The second-order valence-corrected chi connectivity index (χ2v) is 8.80. The van der Waals surface area contributed by atoms with Crippen molar-refractivity contribution in [1.29, 1.82) is 0 Å². The lowest BCUT2D eigenvalue weighted by molar-refractivity contribution is 0.264. The zero-order valence-corrected chi connectivity index (χ0v) is 14.6. The van der Waals surface area contributed by atoms with E-state index in [1.807, 2.05) is 25.1 Å². The van der Waals surface area contributed by atoms with Crippen molar-refractivity contribution < 1.29 is 12.8 Å². The van der Waals surface area contributed by atoms with Gasteiger partial charge in [0.05, 0.1) is 11.4 Å². The molecule has 2 aliphatic rings. The van der Waals surface area contributed by atoms with Crippen LogP contribution in [0.4, 0.5) is 0 Å². The minimum Gasteiger partial charge on any atom is -0.465 e. The van der Waals surface area contributed by atoms with Crippen molar-refractivity contribution in [1.82, 2.24) is 9.21 Å². The average Bonchev–Trinajstić information content (AvgIpc) is 3.23. The summed E-state index contributed by atoms with van der Waals surface area (Å²) in [5, 5.41) is 0. The lowest BCUT2D eigenvalue weighted by atomic mass is 10.0. The summed E-state index contributed by atoms with van der Waals surface area (Å²) in [6.07, 6.45) is 0. The topological polar surface area (TPSA) is 53.8 Å². The van der Waals surface area contributed by atoms with Gasteiger partial charge in [0, 0.05) is 26.2 Å². The Balaban J connectivity index is 1.41. The van der Waals surface area contributed by atoms with Crippen LogP contribution in [0, 0.1) is 18.8 Å². The number of sulfonamides is 1. The van der Waals surface area contributed by atoms with Crippen LogP contribution >= 0.6 is 0 Å². The van der Waals surface area contributed by atoms with E-state index in [9.17, 15) is 8.42 Å². The molecule has 1 aromatic heterocycles. The summed E-state index contributed by atoms with van der Waals surface area (Å²) in [6, 6.07) is 12.7. The van der Waals surface area contributed by atoms with E-state index in [4.69, 9.17) is 4.42 Å². The van der Waals surface area contributed by atoms with Crippen molar-refractivity contribution in [2.45, 2.75) is 18.4 Å². The number of likely N-dealkylation sites (tertiary alicyclic amines) is 1. The van der Waals surface area contributed by atoms with Gasteiger partial charge in [-0.1, -0.05) is 18.2 Å². The maximum Gasteiger partial charge on any atom is 0.243 e. The number of nitrogens with zero attached hydrogens (tertiary/aromatic N) is 2. The molecule has 0 bridgehead atoms. The summed E-state index contributed by atoms with van der Waals surface area (Å²) in [5.74, 6) is 2.75. The van der Waals surface area contributed by atoms with E-state index >= 15 is 0 Å². The average molecular weight is 346 g/mol. The summed E-state index contributed by atoms with van der Waals surface area (Å²) in [7, 11) is -3.36. The first-order valence-electron chi connectivity index (χ1n) is 8.35. The molecule has 0 saturated carbocycles. The van der Waals surface area contributed by atoms with E-state index in [1.165, 1.54) is 0 Å². The predicted octanol–water partition coefficient (Wildman–Crippen LogP) is 2.34. The molecule has 1 aromatic carbocycles. The first kappa shape index (κ1) is 15.9. The van der Waals surface area contributed by atoms with E-state index in [0.29, 0.717) is 29.8 Å². The zero-order valence-electron chi connectivity index (χ0n) is 13.8. The molecule has 2 unspecified atom stereocenters. The molecule has 2 aliphatic heterocycles. The highest BCUT2D eigenvalue weighted by atomic mass is 32.2. The van der Waals surface area contributed by atoms with Crippen molar-refractivity contribution in [2.24, 2.45) is 11.8 Å². The first-order chi connectivity index (χ1) is 11.5. The molecule has 2 atom stereocenters.